The van der Waals surface area contributed by atoms with Crippen LogP contribution < -0.4 is 0 Å². The van der Waals surface area contributed by atoms with Crippen LogP contribution in [0.2, 0.25) is 0 Å². The molecule has 2 atom stereocenters. The van der Waals surface area contributed by atoms with E-state index in [4.69, 9.17) is 14.2 Å². The van der Waals surface area contributed by atoms with Gasteiger partial charge in [-0.3, -0.25) is 0 Å². The lowest BCUT2D eigenvalue weighted by molar-refractivity contribution is -0.246. The van der Waals surface area contributed by atoms with E-state index in [0.717, 1.165) is 25.7 Å². The molecule has 0 aromatic rings. The Hall–Kier alpha value is 0.820. The third kappa shape index (κ3) is 33.5. The first kappa shape index (κ1) is 41.8. The van der Waals surface area contributed by atoms with E-state index in [-0.39, 0.29) is 12.6 Å². The van der Waals surface area contributed by atoms with Gasteiger partial charge in [0.15, 0.2) is 12.6 Å². The average Bonchev–Trinajstić information content (AvgIpc) is 2.97. The summed E-state index contributed by atoms with van der Waals surface area (Å²) < 4.78 is 20.7. The van der Waals surface area contributed by atoms with Crippen molar-refractivity contribution in [3.63, 3.8) is 0 Å². The van der Waals surface area contributed by atoms with Crippen molar-refractivity contribution in [2.24, 2.45) is 0 Å². The summed E-state index contributed by atoms with van der Waals surface area (Å²) in [4.78, 5) is 0. The second-order valence-corrected chi connectivity index (χ2v) is 13.5. The maximum Gasteiger partial charge on any atom is 0.161 e. The highest BCUT2D eigenvalue weighted by molar-refractivity contribution is 14.1. The smallest absolute Gasteiger partial charge is 0.161 e. The zero-order chi connectivity index (χ0) is 29.9. The first-order chi connectivity index (χ1) is 20.3. The van der Waals surface area contributed by atoms with Crippen molar-refractivity contribution in [1.82, 2.24) is 0 Å². The van der Waals surface area contributed by atoms with Crippen molar-refractivity contribution < 1.29 is 14.2 Å². The molecular weight excluding hydrogens is 734 g/mol. The average molecular weight is 803 g/mol. The minimum absolute atomic E-state index is 0.187. The Balaban J connectivity index is 3.89. The summed E-state index contributed by atoms with van der Waals surface area (Å²) in [6, 6.07) is 0. The van der Waals surface area contributed by atoms with E-state index in [2.05, 4.69) is 69.5 Å². The van der Waals surface area contributed by atoms with Crippen LogP contribution in [-0.4, -0.2) is 34.6 Å². The van der Waals surface area contributed by atoms with Crippen LogP contribution in [0.3, 0.4) is 0 Å². The first-order valence-electron chi connectivity index (χ1n) is 17.6. The molecule has 0 fully saturated rings. The molecular formula is C36H68I2O3. The first-order valence-corrected chi connectivity index (χ1v) is 20.6. The van der Waals surface area contributed by atoms with Gasteiger partial charge in [-0.15, -0.1) is 0 Å². The van der Waals surface area contributed by atoms with Crippen LogP contribution in [0.15, 0.2) is 24.3 Å². The van der Waals surface area contributed by atoms with Crippen LogP contribution >= 0.6 is 45.2 Å². The maximum atomic E-state index is 6.25. The van der Waals surface area contributed by atoms with E-state index in [1.807, 2.05) is 13.8 Å². The van der Waals surface area contributed by atoms with Gasteiger partial charge >= 0.3 is 0 Å². The molecule has 0 aliphatic heterocycles. The predicted molar refractivity (Wildman–Crippen MR) is 199 cm³/mol. The molecule has 2 unspecified atom stereocenters. The molecule has 0 N–H and O–H groups in total. The normalized spacial score (nSPS) is 13.6. The summed E-state index contributed by atoms with van der Waals surface area (Å²) in [6.07, 6.45) is 40.3. The largest absolute Gasteiger partial charge is 0.353 e. The highest BCUT2D eigenvalue weighted by Crippen LogP contribution is 2.16. The van der Waals surface area contributed by atoms with Crippen LogP contribution in [0.25, 0.3) is 0 Å². The summed E-state index contributed by atoms with van der Waals surface area (Å²) in [5, 5.41) is 0. The van der Waals surface area contributed by atoms with Crippen molar-refractivity contribution >= 4 is 45.2 Å². The Morgan fingerprint density at radius 3 is 1.02 bits per heavy atom. The Bertz CT molecular complexity index is 495. The van der Waals surface area contributed by atoms with Gasteiger partial charge in [0.1, 0.15) is 0 Å². The van der Waals surface area contributed by atoms with E-state index < -0.39 is 0 Å². The van der Waals surface area contributed by atoms with E-state index in [1.165, 1.54) is 137 Å². The molecule has 0 bridgehead atoms. The molecule has 0 aliphatic rings. The molecule has 0 spiro atoms. The summed E-state index contributed by atoms with van der Waals surface area (Å²) in [6.45, 7) is 5.43. The highest BCUT2D eigenvalue weighted by Gasteiger charge is 2.16. The van der Waals surface area contributed by atoms with Crippen molar-refractivity contribution in [1.29, 1.82) is 0 Å². The summed E-state index contributed by atoms with van der Waals surface area (Å²) in [7, 11) is 0. The number of halogens is 2. The topological polar surface area (TPSA) is 27.7 Å². The van der Waals surface area contributed by atoms with E-state index in [9.17, 15) is 0 Å². The van der Waals surface area contributed by atoms with E-state index in [1.54, 1.807) is 0 Å². The van der Waals surface area contributed by atoms with Crippen LogP contribution in [0.1, 0.15) is 168 Å². The Labute approximate surface area is 284 Å². The number of unbranched alkanes of at least 4 members (excludes halogenated alkanes) is 18. The van der Waals surface area contributed by atoms with Gasteiger partial charge in [-0.05, 0) is 74.1 Å². The molecule has 0 amide bonds. The number of ether oxygens (including phenoxy) is 3. The lowest BCUT2D eigenvalue weighted by atomic mass is 10.1. The highest BCUT2D eigenvalue weighted by atomic mass is 127. The van der Waals surface area contributed by atoms with Crippen LogP contribution in [-0.2, 0) is 14.2 Å². The molecule has 0 saturated carbocycles. The van der Waals surface area contributed by atoms with Crippen LogP contribution in [0.5, 0.6) is 0 Å². The molecule has 41 heavy (non-hydrogen) atoms. The summed E-state index contributed by atoms with van der Waals surface area (Å²) >= 11 is 4.97. The van der Waals surface area contributed by atoms with E-state index >= 15 is 0 Å². The van der Waals surface area contributed by atoms with Crippen molar-refractivity contribution in [3.05, 3.63) is 24.3 Å². The molecule has 0 aromatic carbocycles. The number of allylic oxidation sites excluding steroid dienone is 4. The zero-order valence-corrected chi connectivity index (χ0v) is 31.6. The van der Waals surface area contributed by atoms with Crippen molar-refractivity contribution in [2.45, 2.75) is 181 Å². The molecule has 0 aliphatic carbocycles. The van der Waals surface area contributed by atoms with Gasteiger partial charge in [-0.1, -0.05) is 159 Å². The summed E-state index contributed by atoms with van der Waals surface area (Å²) in [5.74, 6) is 0. The number of hydrogen-bond donors (Lipinski definition) is 0. The van der Waals surface area contributed by atoms with Gasteiger partial charge in [0.25, 0.3) is 0 Å². The van der Waals surface area contributed by atoms with Gasteiger partial charge in [0.2, 0.25) is 0 Å². The fraction of sp³-hybridized carbons (Fsp3) is 0.889. The molecule has 0 heterocycles. The van der Waals surface area contributed by atoms with Gasteiger partial charge in [-0.2, -0.15) is 0 Å². The third-order valence-corrected chi connectivity index (χ3v) is 9.01. The van der Waals surface area contributed by atoms with Gasteiger partial charge in [0.05, 0.1) is 0 Å². The standard InChI is InChI=1S/C36H68I2O3/c1-3-39-35(31-27-23-19-15-11-7-5-9-13-17-21-25-29-33-37)41-36(40-4-2)32-28-24-20-16-12-8-6-10-14-18-22-26-30-34-38/h19-20,23-24,35-36H,3-18,21-22,25-34H2,1-2H3. The molecule has 0 saturated heterocycles. The van der Waals surface area contributed by atoms with Crippen LogP contribution in [0.4, 0.5) is 0 Å². The minimum atomic E-state index is -0.187. The second kappa shape index (κ2) is 37.0. The molecule has 5 heteroatoms. The van der Waals surface area contributed by atoms with Crippen LogP contribution in [0, 0.1) is 0 Å². The number of hydrogen-bond acceptors (Lipinski definition) is 3. The fourth-order valence-electron chi connectivity index (χ4n) is 5.05. The van der Waals surface area contributed by atoms with Crippen molar-refractivity contribution in [3.8, 4) is 0 Å². The third-order valence-electron chi connectivity index (χ3n) is 7.49. The fourth-order valence-corrected chi connectivity index (χ4v) is 6.13. The molecule has 0 aromatic heterocycles. The monoisotopic (exact) mass is 802 g/mol. The van der Waals surface area contributed by atoms with Gasteiger partial charge in [0, 0.05) is 26.1 Å². The summed E-state index contributed by atoms with van der Waals surface area (Å²) in [5.41, 5.74) is 0. The molecule has 0 rings (SSSR count). The quantitative estimate of drug-likeness (QED) is 0.0213. The Morgan fingerprint density at radius 2 is 0.707 bits per heavy atom. The lowest BCUT2D eigenvalue weighted by Gasteiger charge is -2.24. The predicted octanol–water partition coefficient (Wildman–Crippen LogP) is 13.1. The van der Waals surface area contributed by atoms with Gasteiger partial charge in [-0.25, -0.2) is 0 Å². The number of alkyl halides is 2. The van der Waals surface area contributed by atoms with E-state index in [0.29, 0.717) is 13.2 Å². The minimum Gasteiger partial charge on any atom is -0.353 e. The molecule has 3 nitrogen and oxygen atoms in total. The Kier molecular flexibility index (Phi) is 37.7. The van der Waals surface area contributed by atoms with Crippen molar-refractivity contribution in [2.75, 3.05) is 22.1 Å². The maximum absolute atomic E-state index is 6.25. The van der Waals surface area contributed by atoms with Gasteiger partial charge < -0.3 is 14.2 Å². The molecule has 244 valence electrons. The SMILES string of the molecule is CCOC(CCC=CCCCCCCCCCCCI)OC(CCC=CCCCCCCCCCCCI)OCC. The second-order valence-electron chi connectivity index (χ2n) is 11.3. The lowest BCUT2D eigenvalue weighted by Crippen LogP contribution is -2.27. The zero-order valence-electron chi connectivity index (χ0n) is 27.2. The number of rotatable bonds is 34. The Morgan fingerprint density at radius 1 is 0.415 bits per heavy atom. The molecule has 0 radical (unpaired) electrons.